The van der Waals surface area contributed by atoms with E-state index in [1.165, 1.54) is 0 Å². The maximum absolute atomic E-state index is 11.9. The molecule has 62 valence electrons. The molecule has 0 heterocycles. The van der Waals surface area contributed by atoms with Crippen LogP contribution in [0.5, 0.6) is 0 Å². The monoisotopic (exact) mass is 148 g/mol. The van der Waals surface area contributed by atoms with E-state index in [1.807, 2.05) is 0 Å². The predicted octanol–water partition coefficient (Wildman–Crippen LogP) is 3.10. The Morgan fingerprint density at radius 2 is 1.70 bits per heavy atom. The van der Waals surface area contributed by atoms with E-state index in [1.54, 1.807) is 13.8 Å². The Kier molecular flexibility index (Phi) is 3.87. The lowest BCUT2D eigenvalue weighted by atomic mass is 9.87. The minimum atomic E-state index is -0.608. The SMILES string of the molecule is CCC(CC)C(C)(C)OF. The second-order valence-corrected chi connectivity index (χ2v) is 3.19. The standard InChI is InChI=1S/C8H17FO/c1-5-7(6-2)8(3,4)10-9/h7H,5-6H2,1-4H3. The van der Waals surface area contributed by atoms with Gasteiger partial charge in [-0.1, -0.05) is 26.7 Å². The largest absolute Gasteiger partial charge is 0.188 e. The third-order valence-electron chi connectivity index (χ3n) is 2.17. The van der Waals surface area contributed by atoms with E-state index in [2.05, 4.69) is 18.8 Å². The molecule has 0 amide bonds. The van der Waals surface area contributed by atoms with Crippen LogP contribution in [-0.4, -0.2) is 5.60 Å². The van der Waals surface area contributed by atoms with Crippen molar-refractivity contribution < 1.29 is 9.47 Å². The predicted molar refractivity (Wildman–Crippen MR) is 40.3 cm³/mol. The fourth-order valence-corrected chi connectivity index (χ4v) is 1.33. The maximum atomic E-state index is 11.9. The first-order valence-electron chi connectivity index (χ1n) is 3.88. The highest BCUT2D eigenvalue weighted by molar-refractivity contribution is 4.75. The summed E-state index contributed by atoms with van der Waals surface area (Å²) >= 11 is 0. The van der Waals surface area contributed by atoms with Gasteiger partial charge >= 0.3 is 0 Å². The number of hydrogen-bond acceptors (Lipinski definition) is 1. The van der Waals surface area contributed by atoms with Gasteiger partial charge in [0.05, 0.1) is 0 Å². The van der Waals surface area contributed by atoms with Gasteiger partial charge in [-0.2, -0.15) is 4.94 Å². The van der Waals surface area contributed by atoms with Crippen LogP contribution in [0, 0.1) is 5.92 Å². The average Bonchev–Trinajstić information content (AvgIpc) is 1.90. The van der Waals surface area contributed by atoms with Gasteiger partial charge in [-0.3, -0.25) is 0 Å². The lowest BCUT2D eigenvalue weighted by Crippen LogP contribution is -2.31. The Morgan fingerprint density at radius 1 is 1.30 bits per heavy atom. The van der Waals surface area contributed by atoms with Crippen molar-refractivity contribution in [2.24, 2.45) is 5.92 Å². The molecule has 0 aromatic carbocycles. The van der Waals surface area contributed by atoms with Crippen molar-refractivity contribution in [3.05, 3.63) is 0 Å². The van der Waals surface area contributed by atoms with Gasteiger partial charge in [0.15, 0.2) is 0 Å². The second-order valence-electron chi connectivity index (χ2n) is 3.19. The third kappa shape index (κ3) is 2.25. The molecule has 0 aromatic heterocycles. The lowest BCUT2D eigenvalue weighted by molar-refractivity contribution is -0.242. The van der Waals surface area contributed by atoms with Gasteiger partial charge in [0.2, 0.25) is 0 Å². The van der Waals surface area contributed by atoms with Crippen molar-refractivity contribution in [1.82, 2.24) is 0 Å². The normalized spacial score (nSPS) is 12.6. The van der Waals surface area contributed by atoms with Crippen molar-refractivity contribution in [1.29, 1.82) is 0 Å². The summed E-state index contributed by atoms with van der Waals surface area (Å²) in [7, 11) is 0. The highest BCUT2D eigenvalue weighted by Crippen LogP contribution is 2.26. The van der Waals surface area contributed by atoms with Crippen molar-refractivity contribution >= 4 is 0 Å². The highest BCUT2D eigenvalue weighted by Gasteiger charge is 2.28. The molecule has 0 unspecified atom stereocenters. The van der Waals surface area contributed by atoms with Gasteiger partial charge in [-0.15, -0.1) is 0 Å². The van der Waals surface area contributed by atoms with Gasteiger partial charge in [0, 0.05) is 0 Å². The molecule has 0 radical (unpaired) electrons. The molecule has 0 rings (SSSR count). The molecule has 0 spiro atoms. The molecular weight excluding hydrogens is 131 g/mol. The van der Waals surface area contributed by atoms with Crippen LogP contribution in [0.4, 0.5) is 4.53 Å². The van der Waals surface area contributed by atoms with Crippen LogP contribution >= 0.6 is 0 Å². The van der Waals surface area contributed by atoms with Crippen molar-refractivity contribution in [2.75, 3.05) is 0 Å². The van der Waals surface area contributed by atoms with Crippen LogP contribution < -0.4 is 0 Å². The van der Waals surface area contributed by atoms with Crippen molar-refractivity contribution in [2.45, 2.75) is 46.1 Å². The Bertz CT molecular complexity index is 87.3. The summed E-state index contributed by atoms with van der Waals surface area (Å²) < 4.78 is 11.9. The fraction of sp³-hybridized carbons (Fsp3) is 1.00. The molecule has 0 atom stereocenters. The minimum Gasteiger partial charge on any atom is -0.188 e. The van der Waals surface area contributed by atoms with Crippen molar-refractivity contribution in [3.63, 3.8) is 0 Å². The Balaban J connectivity index is 3.97. The van der Waals surface area contributed by atoms with E-state index in [4.69, 9.17) is 0 Å². The zero-order chi connectivity index (χ0) is 8.20. The summed E-state index contributed by atoms with van der Waals surface area (Å²) in [5.74, 6) is 0.317. The number of halogens is 1. The Labute approximate surface area is 62.5 Å². The van der Waals surface area contributed by atoms with Crippen LogP contribution in [0.1, 0.15) is 40.5 Å². The first-order valence-corrected chi connectivity index (χ1v) is 3.88. The first kappa shape index (κ1) is 9.89. The van der Waals surface area contributed by atoms with E-state index < -0.39 is 5.60 Å². The van der Waals surface area contributed by atoms with Crippen LogP contribution in [0.15, 0.2) is 0 Å². The summed E-state index contributed by atoms with van der Waals surface area (Å²) in [4.78, 5) is 3.88. The molecule has 10 heavy (non-hydrogen) atoms. The molecule has 0 aliphatic carbocycles. The highest BCUT2D eigenvalue weighted by atomic mass is 19.3. The van der Waals surface area contributed by atoms with Crippen LogP contribution in [-0.2, 0) is 4.94 Å². The summed E-state index contributed by atoms with van der Waals surface area (Å²) in [6, 6.07) is 0. The van der Waals surface area contributed by atoms with E-state index in [0.717, 1.165) is 12.8 Å². The number of hydrogen-bond donors (Lipinski definition) is 0. The van der Waals surface area contributed by atoms with Crippen LogP contribution in [0.2, 0.25) is 0 Å². The smallest absolute Gasteiger partial charge is 0.106 e. The third-order valence-corrected chi connectivity index (χ3v) is 2.17. The Morgan fingerprint density at radius 3 is 1.80 bits per heavy atom. The molecule has 2 heteroatoms. The molecular formula is C8H17FO. The topological polar surface area (TPSA) is 9.23 Å². The quantitative estimate of drug-likeness (QED) is 0.595. The molecule has 0 saturated heterocycles. The zero-order valence-electron chi connectivity index (χ0n) is 7.28. The Hall–Kier alpha value is -0.110. The molecule has 0 aliphatic rings. The van der Waals surface area contributed by atoms with Crippen LogP contribution in [0.25, 0.3) is 0 Å². The minimum absolute atomic E-state index is 0.317. The zero-order valence-corrected chi connectivity index (χ0v) is 7.28. The summed E-state index contributed by atoms with van der Waals surface area (Å²) in [6.45, 7) is 7.67. The molecule has 0 aromatic rings. The van der Waals surface area contributed by atoms with E-state index in [0.29, 0.717) is 5.92 Å². The summed E-state index contributed by atoms with van der Waals surface area (Å²) in [5.41, 5.74) is -0.608. The lowest BCUT2D eigenvalue weighted by Gasteiger charge is -2.27. The summed E-state index contributed by atoms with van der Waals surface area (Å²) in [5, 5.41) is 0. The average molecular weight is 148 g/mol. The number of rotatable bonds is 4. The van der Waals surface area contributed by atoms with Gasteiger partial charge in [-0.25, -0.2) is 0 Å². The second kappa shape index (κ2) is 3.91. The van der Waals surface area contributed by atoms with E-state index in [-0.39, 0.29) is 0 Å². The molecule has 1 nitrogen and oxygen atoms in total. The molecule has 0 bridgehead atoms. The van der Waals surface area contributed by atoms with Crippen molar-refractivity contribution in [3.8, 4) is 0 Å². The fourth-order valence-electron chi connectivity index (χ4n) is 1.33. The van der Waals surface area contributed by atoms with Gasteiger partial charge in [0.1, 0.15) is 5.60 Å². The molecule has 0 fully saturated rings. The van der Waals surface area contributed by atoms with E-state index >= 15 is 0 Å². The van der Waals surface area contributed by atoms with Gasteiger partial charge in [-0.05, 0) is 24.3 Å². The molecule has 0 aliphatic heterocycles. The van der Waals surface area contributed by atoms with Gasteiger partial charge in [0.25, 0.3) is 0 Å². The molecule has 0 N–H and O–H groups in total. The van der Waals surface area contributed by atoms with E-state index in [9.17, 15) is 4.53 Å². The van der Waals surface area contributed by atoms with Gasteiger partial charge < -0.3 is 0 Å². The maximum Gasteiger partial charge on any atom is 0.106 e. The summed E-state index contributed by atoms with van der Waals surface area (Å²) in [6.07, 6.45) is 1.93. The molecule has 0 saturated carbocycles. The van der Waals surface area contributed by atoms with Crippen LogP contribution in [0.3, 0.4) is 0 Å². The first-order chi connectivity index (χ1) is 4.58.